The van der Waals surface area contributed by atoms with Crippen molar-refractivity contribution < 1.29 is 13.2 Å². The van der Waals surface area contributed by atoms with Crippen molar-refractivity contribution in [2.75, 3.05) is 16.2 Å². The summed E-state index contributed by atoms with van der Waals surface area (Å²) in [7, 11) is -3.72. The minimum Gasteiger partial charge on any atom is -0.311 e. The molecule has 1 heterocycles. The molecule has 5 nitrogen and oxygen atoms in total. The molecule has 0 fully saturated rings. The Morgan fingerprint density at radius 2 is 1.88 bits per heavy atom. The number of carbonyl (C=O) groups is 1. The van der Waals surface area contributed by atoms with Crippen molar-refractivity contribution in [3.8, 4) is 0 Å². The minimum absolute atomic E-state index is 0.0588. The number of amides is 1. The van der Waals surface area contributed by atoms with Gasteiger partial charge < -0.3 is 4.90 Å². The van der Waals surface area contributed by atoms with Crippen LogP contribution >= 0.6 is 11.6 Å². The molecule has 0 aromatic heterocycles. The summed E-state index contributed by atoms with van der Waals surface area (Å²) in [6.07, 6.45) is 0.698. The van der Waals surface area contributed by atoms with Crippen LogP contribution in [0, 0.1) is 5.41 Å². The average Bonchev–Trinajstić information content (AvgIpc) is 2.95. The standard InChI is InChI=1S/C19H21ClN2O3S/c1-19(2,3)18(23)22-10-9-13-11-15(7-8-17(13)22)21-26(24,25)16-6-4-5-14(20)12-16/h4-8,11-12,21H,9-10H2,1-3H3. The molecule has 2 aromatic rings. The molecule has 0 spiro atoms. The van der Waals surface area contributed by atoms with Crippen LogP contribution in [0.4, 0.5) is 11.4 Å². The number of rotatable bonds is 3. The molecule has 1 N–H and O–H groups in total. The SMILES string of the molecule is CC(C)(C)C(=O)N1CCc2cc(NS(=O)(=O)c3cccc(Cl)c3)ccc21. The lowest BCUT2D eigenvalue weighted by molar-refractivity contribution is -0.125. The molecule has 0 atom stereocenters. The molecule has 0 aliphatic carbocycles. The number of hydrogen-bond acceptors (Lipinski definition) is 3. The molecular weight excluding hydrogens is 372 g/mol. The molecule has 26 heavy (non-hydrogen) atoms. The number of nitrogens with one attached hydrogen (secondary N) is 1. The normalized spacial score (nSPS) is 14.2. The van der Waals surface area contributed by atoms with Gasteiger partial charge in [-0.25, -0.2) is 8.42 Å². The van der Waals surface area contributed by atoms with E-state index in [1.54, 1.807) is 35.2 Å². The third-order valence-corrected chi connectivity index (χ3v) is 5.83. The number of halogens is 1. The maximum Gasteiger partial charge on any atom is 0.261 e. The summed E-state index contributed by atoms with van der Waals surface area (Å²) in [5.74, 6) is 0.0588. The Hall–Kier alpha value is -2.05. The number of hydrogen-bond donors (Lipinski definition) is 1. The highest BCUT2D eigenvalue weighted by atomic mass is 35.5. The molecule has 2 aromatic carbocycles. The van der Waals surface area contributed by atoms with E-state index in [1.165, 1.54) is 12.1 Å². The molecule has 1 aliphatic rings. The molecule has 1 aliphatic heterocycles. The van der Waals surface area contributed by atoms with E-state index in [2.05, 4.69) is 4.72 Å². The highest BCUT2D eigenvalue weighted by molar-refractivity contribution is 7.92. The summed E-state index contributed by atoms with van der Waals surface area (Å²) in [6, 6.07) is 11.4. The predicted octanol–water partition coefficient (Wildman–Crippen LogP) is 4.08. The van der Waals surface area contributed by atoms with Gasteiger partial charge in [0.05, 0.1) is 4.90 Å². The Bertz CT molecular complexity index is 965. The zero-order valence-electron chi connectivity index (χ0n) is 14.9. The fourth-order valence-electron chi connectivity index (χ4n) is 2.93. The number of benzene rings is 2. The van der Waals surface area contributed by atoms with E-state index in [1.807, 2.05) is 20.8 Å². The van der Waals surface area contributed by atoms with Crippen molar-refractivity contribution in [1.29, 1.82) is 0 Å². The molecule has 0 bridgehead atoms. The van der Waals surface area contributed by atoms with E-state index in [-0.39, 0.29) is 10.8 Å². The first-order chi connectivity index (χ1) is 12.1. The molecule has 138 valence electrons. The van der Waals surface area contributed by atoms with Crippen LogP contribution in [-0.2, 0) is 21.2 Å². The van der Waals surface area contributed by atoms with Gasteiger partial charge in [0.15, 0.2) is 0 Å². The van der Waals surface area contributed by atoms with Crippen molar-refractivity contribution in [2.45, 2.75) is 32.1 Å². The van der Waals surface area contributed by atoms with Crippen molar-refractivity contribution >= 4 is 38.9 Å². The fraction of sp³-hybridized carbons (Fsp3) is 0.316. The highest BCUT2D eigenvalue weighted by Gasteiger charge is 2.32. The molecule has 0 radical (unpaired) electrons. The summed E-state index contributed by atoms with van der Waals surface area (Å²) in [4.78, 5) is 14.4. The van der Waals surface area contributed by atoms with Gasteiger partial charge >= 0.3 is 0 Å². The largest absolute Gasteiger partial charge is 0.311 e. The third-order valence-electron chi connectivity index (χ3n) is 4.22. The van der Waals surface area contributed by atoms with Gasteiger partial charge in [-0.3, -0.25) is 9.52 Å². The van der Waals surface area contributed by atoms with Crippen LogP contribution in [0.15, 0.2) is 47.4 Å². The Kier molecular flexibility index (Phi) is 4.75. The number of anilines is 2. The van der Waals surface area contributed by atoms with Gasteiger partial charge in [0.25, 0.3) is 10.0 Å². The van der Waals surface area contributed by atoms with Crippen LogP contribution < -0.4 is 9.62 Å². The maximum atomic E-state index is 12.6. The number of sulfonamides is 1. The lowest BCUT2D eigenvalue weighted by Gasteiger charge is -2.26. The smallest absolute Gasteiger partial charge is 0.261 e. The molecule has 3 rings (SSSR count). The molecule has 7 heteroatoms. The lowest BCUT2D eigenvalue weighted by Crippen LogP contribution is -2.38. The van der Waals surface area contributed by atoms with E-state index in [0.29, 0.717) is 23.7 Å². The van der Waals surface area contributed by atoms with E-state index in [4.69, 9.17) is 11.6 Å². The predicted molar refractivity (Wildman–Crippen MR) is 104 cm³/mol. The minimum atomic E-state index is -3.72. The zero-order valence-corrected chi connectivity index (χ0v) is 16.5. The van der Waals surface area contributed by atoms with Crippen LogP contribution in [0.5, 0.6) is 0 Å². The van der Waals surface area contributed by atoms with Crippen LogP contribution in [-0.4, -0.2) is 20.9 Å². The quantitative estimate of drug-likeness (QED) is 0.855. The summed E-state index contributed by atoms with van der Waals surface area (Å²) in [6.45, 7) is 6.28. The van der Waals surface area contributed by atoms with Crippen molar-refractivity contribution in [1.82, 2.24) is 0 Å². The van der Waals surface area contributed by atoms with Crippen molar-refractivity contribution in [3.05, 3.63) is 53.1 Å². The van der Waals surface area contributed by atoms with Crippen LogP contribution in [0.3, 0.4) is 0 Å². The first-order valence-corrected chi connectivity index (χ1v) is 10.2. The van der Waals surface area contributed by atoms with Crippen LogP contribution in [0.2, 0.25) is 5.02 Å². The van der Waals surface area contributed by atoms with Gasteiger partial charge in [0.1, 0.15) is 0 Å². The third kappa shape index (κ3) is 3.71. The monoisotopic (exact) mass is 392 g/mol. The Morgan fingerprint density at radius 1 is 1.15 bits per heavy atom. The van der Waals surface area contributed by atoms with Crippen molar-refractivity contribution in [2.24, 2.45) is 5.41 Å². The number of nitrogens with zero attached hydrogens (tertiary/aromatic N) is 1. The molecule has 0 saturated heterocycles. The number of carbonyl (C=O) groups excluding carboxylic acids is 1. The summed E-state index contributed by atoms with van der Waals surface area (Å²) >= 11 is 5.88. The average molecular weight is 393 g/mol. The van der Waals surface area contributed by atoms with Gasteiger partial charge in [-0.1, -0.05) is 38.4 Å². The first kappa shape index (κ1) is 18.7. The first-order valence-electron chi connectivity index (χ1n) is 8.31. The van der Waals surface area contributed by atoms with Gasteiger partial charge in [-0.05, 0) is 48.4 Å². The molecule has 0 unspecified atom stereocenters. The Balaban J connectivity index is 1.86. The van der Waals surface area contributed by atoms with Gasteiger partial charge in [0, 0.05) is 28.4 Å². The summed E-state index contributed by atoms with van der Waals surface area (Å²) in [5, 5.41) is 0.359. The van der Waals surface area contributed by atoms with E-state index in [0.717, 1.165) is 11.3 Å². The van der Waals surface area contributed by atoms with Crippen LogP contribution in [0.1, 0.15) is 26.3 Å². The molecule has 0 saturated carbocycles. The lowest BCUT2D eigenvalue weighted by atomic mass is 9.94. The highest BCUT2D eigenvalue weighted by Crippen LogP contribution is 2.34. The Labute approximate surface area is 159 Å². The van der Waals surface area contributed by atoms with Crippen molar-refractivity contribution in [3.63, 3.8) is 0 Å². The number of fused-ring (bicyclic) bond motifs is 1. The summed E-state index contributed by atoms with van der Waals surface area (Å²) in [5.41, 5.74) is 1.80. The zero-order chi connectivity index (χ0) is 19.1. The Morgan fingerprint density at radius 3 is 2.54 bits per heavy atom. The summed E-state index contributed by atoms with van der Waals surface area (Å²) < 4.78 is 27.6. The fourth-order valence-corrected chi connectivity index (χ4v) is 4.28. The van der Waals surface area contributed by atoms with Gasteiger partial charge in [-0.2, -0.15) is 0 Å². The molecule has 1 amide bonds. The van der Waals surface area contributed by atoms with E-state index in [9.17, 15) is 13.2 Å². The van der Waals surface area contributed by atoms with E-state index >= 15 is 0 Å². The maximum absolute atomic E-state index is 12.6. The topological polar surface area (TPSA) is 66.5 Å². The second-order valence-corrected chi connectivity index (χ2v) is 9.48. The molecular formula is C19H21ClN2O3S. The second-order valence-electron chi connectivity index (χ2n) is 7.36. The van der Waals surface area contributed by atoms with Gasteiger partial charge in [0.2, 0.25) is 5.91 Å². The van der Waals surface area contributed by atoms with E-state index < -0.39 is 15.4 Å². The van der Waals surface area contributed by atoms with Crippen LogP contribution in [0.25, 0.3) is 0 Å². The second kappa shape index (κ2) is 6.59. The van der Waals surface area contributed by atoms with Gasteiger partial charge in [-0.15, -0.1) is 0 Å².